The first-order valence-corrected chi connectivity index (χ1v) is 5.87. The third-order valence-corrected chi connectivity index (χ3v) is 3.16. The second kappa shape index (κ2) is 4.28. The number of carbonyl (C=O) groups is 1. The molecule has 2 aromatic heterocycles. The Morgan fingerprint density at radius 1 is 1.42 bits per heavy atom. The Morgan fingerprint density at radius 2 is 2.26 bits per heavy atom. The molecule has 19 heavy (non-hydrogen) atoms. The van der Waals surface area contributed by atoms with Crippen LogP contribution in [0.1, 0.15) is 10.4 Å². The summed E-state index contributed by atoms with van der Waals surface area (Å²) in [5.41, 5.74) is 3.20. The van der Waals surface area contributed by atoms with E-state index < -0.39 is 0 Å². The molecule has 1 aromatic carbocycles. The number of hydrogen-bond acceptors (Lipinski definition) is 3. The van der Waals surface area contributed by atoms with Crippen LogP contribution >= 0.6 is 0 Å². The predicted molar refractivity (Wildman–Crippen MR) is 72.4 cm³/mol. The fourth-order valence-electron chi connectivity index (χ4n) is 2.22. The lowest BCUT2D eigenvalue weighted by molar-refractivity contribution is 0.112. The first-order chi connectivity index (χ1) is 9.22. The van der Waals surface area contributed by atoms with E-state index in [0.717, 1.165) is 34.2 Å². The number of hydrogen-bond donors (Lipinski definition) is 1. The molecule has 3 aromatic rings. The molecule has 0 bridgehead atoms. The van der Waals surface area contributed by atoms with Crippen LogP contribution in [0, 0.1) is 0 Å². The number of aromatic amines is 1. The molecule has 0 amide bonds. The van der Waals surface area contributed by atoms with Gasteiger partial charge in [-0.3, -0.25) is 9.48 Å². The van der Waals surface area contributed by atoms with Crippen molar-refractivity contribution in [2.75, 3.05) is 7.11 Å². The second-order valence-corrected chi connectivity index (χ2v) is 4.35. The third-order valence-electron chi connectivity index (χ3n) is 3.16. The van der Waals surface area contributed by atoms with Crippen molar-refractivity contribution in [3.05, 3.63) is 36.2 Å². The number of nitrogens with one attached hydrogen (secondary N) is 1. The van der Waals surface area contributed by atoms with E-state index in [2.05, 4.69) is 10.1 Å². The van der Waals surface area contributed by atoms with Gasteiger partial charge in [-0.25, -0.2) is 0 Å². The monoisotopic (exact) mass is 255 g/mol. The van der Waals surface area contributed by atoms with Crippen LogP contribution < -0.4 is 4.74 Å². The maximum absolute atomic E-state index is 11.4. The molecule has 5 heteroatoms. The summed E-state index contributed by atoms with van der Waals surface area (Å²) < 4.78 is 6.90. The van der Waals surface area contributed by atoms with E-state index in [4.69, 9.17) is 4.74 Å². The van der Waals surface area contributed by atoms with Gasteiger partial charge in [0, 0.05) is 35.3 Å². The summed E-state index contributed by atoms with van der Waals surface area (Å²) in [5, 5.41) is 4.98. The number of methoxy groups -OCH3 is 1. The predicted octanol–water partition coefficient (Wildman–Crippen LogP) is 2.39. The number of nitrogens with zero attached hydrogens (tertiary/aromatic N) is 2. The Balaban J connectivity index is 2.28. The van der Waals surface area contributed by atoms with E-state index in [1.54, 1.807) is 18.0 Å². The molecule has 0 fully saturated rings. The number of benzene rings is 1. The molecule has 5 nitrogen and oxygen atoms in total. The normalized spacial score (nSPS) is 10.8. The molecule has 0 unspecified atom stereocenters. The number of ether oxygens (including phenoxy) is 1. The van der Waals surface area contributed by atoms with Crippen molar-refractivity contribution >= 4 is 17.2 Å². The minimum atomic E-state index is 0.627. The average molecular weight is 255 g/mol. The smallest absolute Gasteiger partial charge is 0.152 e. The van der Waals surface area contributed by atoms with Crippen molar-refractivity contribution in [1.82, 2.24) is 14.8 Å². The summed E-state index contributed by atoms with van der Waals surface area (Å²) in [4.78, 5) is 14.7. The van der Waals surface area contributed by atoms with Gasteiger partial charge in [0.1, 0.15) is 5.75 Å². The van der Waals surface area contributed by atoms with Crippen LogP contribution in [0.4, 0.5) is 0 Å². The number of aromatic nitrogens is 3. The van der Waals surface area contributed by atoms with Crippen LogP contribution in [0.15, 0.2) is 30.6 Å². The Kier molecular flexibility index (Phi) is 2.59. The molecule has 3 rings (SSSR count). The molecule has 0 aliphatic heterocycles. The highest BCUT2D eigenvalue weighted by molar-refractivity contribution is 6.04. The topological polar surface area (TPSA) is 59.9 Å². The van der Waals surface area contributed by atoms with Gasteiger partial charge >= 0.3 is 0 Å². The molecule has 96 valence electrons. The SMILES string of the molecule is COc1ccc2[nH]c(-c3cnn(C)c3)c(C=O)c2c1. The minimum absolute atomic E-state index is 0.627. The highest BCUT2D eigenvalue weighted by atomic mass is 16.5. The van der Waals surface area contributed by atoms with Crippen LogP contribution in [0.2, 0.25) is 0 Å². The van der Waals surface area contributed by atoms with E-state index in [1.165, 1.54) is 0 Å². The lowest BCUT2D eigenvalue weighted by atomic mass is 10.1. The summed E-state index contributed by atoms with van der Waals surface area (Å²) in [5.74, 6) is 0.729. The van der Waals surface area contributed by atoms with Gasteiger partial charge < -0.3 is 9.72 Å². The highest BCUT2D eigenvalue weighted by Gasteiger charge is 2.14. The van der Waals surface area contributed by atoms with Gasteiger partial charge in [0.05, 0.1) is 19.0 Å². The van der Waals surface area contributed by atoms with Crippen molar-refractivity contribution in [3.63, 3.8) is 0 Å². The number of rotatable bonds is 3. The zero-order chi connectivity index (χ0) is 13.4. The zero-order valence-corrected chi connectivity index (χ0v) is 10.7. The fourth-order valence-corrected chi connectivity index (χ4v) is 2.22. The standard InChI is InChI=1S/C14H13N3O2/c1-17-7-9(6-15-17)14-12(8-18)11-5-10(19-2)3-4-13(11)16-14/h3-8,16H,1-2H3. The molecule has 0 radical (unpaired) electrons. The molecule has 2 heterocycles. The Morgan fingerprint density at radius 3 is 2.89 bits per heavy atom. The summed E-state index contributed by atoms with van der Waals surface area (Å²) in [7, 11) is 3.45. The van der Waals surface area contributed by atoms with Crippen molar-refractivity contribution in [2.45, 2.75) is 0 Å². The van der Waals surface area contributed by atoms with Gasteiger partial charge in [-0.2, -0.15) is 5.10 Å². The Hall–Kier alpha value is -2.56. The largest absolute Gasteiger partial charge is 0.497 e. The summed E-state index contributed by atoms with van der Waals surface area (Å²) in [6.07, 6.45) is 4.46. The molecular formula is C14H13N3O2. The Bertz CT molecular complexity index is 755. The Labute approximate surface area is 109 Å². The van der Waals surface area contributed by atoms with E-state index in [1.807, 2.05) is 31.4 Å². The van der Waals surface area contributed by atoms with Crippen LogP contribution in [-0.2, 0) is 7.05 Å². The zero-order valence-electron chi connectivity index (χ0n) is 10.7. The van der Waals surface area contributed by atoms with Crippen molar-refractivity contribution in [1.29, 1.82) is 0 Å². The molecule has 0 saturated carbocycles. The van der Waals surface area contributed by atoms with Crippen molar-refractivity contribution in [2.24, 2.45) is 7.05 Å². The van der Waals surface area contributed by atoms with Gasteiger partial charge in [-0.1, -0.05) is 0 Å². The van der Waals surface area contributed by atoms with Gasteiger partial charge in [-0.15, -0.1) is 0 Å². The van der Waals surface area contributed by atoms with E-state index >= 15 is 0 Å². The van der Waals surface area contributed by atoms with Gasteiger partial charge in [0.2, 0.25) is 0 Å². The fraction of sp³-hybridized carbons (Fsp3) is 0.143. The van der Waals surface area contributed by atoms with Gasteiger partial charge in [0.15, 0.2) is 6.29 Å². The number of fused-ring (bicyclic) bond motifs is 1. The quantitative estimate of drug-likeness (QED) is 0.731. The molecular weight excluding hydrogens is 242 g/mol. The molecule has 0 atom stereocenters. The maximum atomic E-state index is 11.4. The highest BCUT2D eigenvalue weighted by Crippen LogP contribution is 2.31. The number of aryl methyl sites for hydroxylation is 1. The van der Waals surface area contributed by atoms with Crippen molar-refractivity contribution in [3.8, 4) is 17.0 Å². The number of carbonyl (C=O) groups excluding carboxylic acids is 1. The van der Waals surface area contributed by atoms with E-state index in [0.29, 0.717) is 5.56 Å². The molecule has 1 N–H and O–H groups in total. The molecule has 0 aliphatic carbocycles. The number of H-pyrrole nitrogens is 1. The van der Waals surface area contributed by atoms with Crippen LogP contribution in [0.3, 0.4) is 0 Å². The molecule has 0 aliphatic rings. The summed E-state index contributed by atoms with van der Waals surface area (Å²) in [6.45, 7) is 0. The molecule has 0 saturated heterocycles. The summed E-state index contributed by atoms with van der Waals surface area (Å²) >= 11 is 0. The maximum Gasteiger partial charge on any atom is 0.152 e. The first kappa shape index (κ1) is 11.5. The van der Waals surface area contributed by atoms with Gasteiger partial charge in [0.25, 0.3) is 0 Å². The van der Waals surface area contributed by atoms with E-state index in [9.17, 15) is 4.79 Å². The van der Waals surface area contributed by atoms with Crippen molar-refractivity contribution < 1.29 is 9.53 Å². The van der Waals surface area contributed by atoms with Crippen LogP contribution in [-0.4, -0.2) is 28.2 Å². The first-order valence-electron chi connectivity index (χ1n) is 5.87. The average Bonchev–Trinajstić information content (AvgIpc) is 3.00. The second-order valence-electron chi connectivity index (χ2n) is 4.35. The van der Waals surface area contributed by atoms with Gasteiger partial charge in [-0.05, 0) is 18.2 Å². The van der Waals surface area contributed by atoms with Crippen LogP contribution in [0.25, 0.3) is 22.2 Å². The lowest BCUT2D eigenvalue weighted by Crippen LogP contribution is -1.85. The van der Waals surface area contributed by atoms with Crippen LogP contribution in [0.5, 0.6) is 5.75 Å². The summed E-state index contributed by atoms with van der Waals surface area (Å²) in [6, 6.07) is 5.62. The van der Waals surface area contributed by atoms with E-state index in [-0.39, 0.29) is 0 Å². The third kappa shape index (κ3) is 1.79. The number of aldehydes is 1. The molecule has 0 spiro atoms. The lowest BCUT2D eigenvalue weighted by Gasteiger charge is -1.98. The minimum Gasteiger partial charge on any atom is -0.497 e.